The van der Waals surface area contributed by atoms with E-state index in [4.69, 9.17) is 23.9 Å². The molecule has 0 N–H and O–H groups in total. The predicted octanol–water partition coefficient (Wildman–Crippen LogP) is 3.31. The summed E-state index contributed by atoms with van der Waals surface area (Å²) in [6, 6.07) is 9.96. The summed E-state index contributed by atoms with van der Waals surface area (Å²) in [5.41, 5.74) is 4.46. The minimum Gasteiger partial charge on any atom is -0.493 e. The molecule has 25 heavy (non-hydrogen) atoms. The third-order valence-electron chi connectivity index (χ3n) is 4.44. The Bertz CT molecular complexity index is 799. The highest BCUT2D eigenvalue weighted by Crippen LogP contribution is 2.36. The first kappa shape index (κ1) is 17.1. The standard InChI is InChI=1S/C20H23NO4/c1-22-17-7-5-13(12-19(17)24-3)11-16-14-6-8-18(23-2)20(25-4)15(14)9-10-21-16/h5-8,12H,9-11H2,1-4H3. The third-order valence-corrected chi connectivity index (χ3v) is 4.44. The smallest absolute Gasteiger partial charge is 0.164 e. The van der Waals surface area contributed by atoms with Gasteiger partial charge in [0.1, 0.15) is 0 Å². The first-order valence-electron chi connectivity index (χ1n) is 8.20. The number of aliphatic imine (C=N–C) groups is 1. The van der Waals surface area contributed by atoms with Crippen molar-refractivity contribution in [1.29, 1.82) is 0 Å². The SMILES string of the molecule is COc1ccc(CC2=NCCc3c2ccc(OC)c3OC)cc1OC. The lowest BCUT2D eigenvalue weighted by atomic mass is 9.92. The van der Waals surface area contributed by atoms with Gasteiger partial charge in [-0.1, -0.05) is 6.07 Å². The molecule has 2 aromatic carbocycles. The number of hydrogen-bond donors (Lipinski definition) is 0. The largest absolute Gasteiger partial charge is 0.493 e. The first-order chi connectivity index (χ1) is 12.2. The van der Waals surface area contributed by atoms with Gasteiger partial charge in [0, 0.05) is 29.8 Å². The summed E-state index contributed by atoms with van der Waals surface area (Å²) in [5, 5.41) is 0. The number of rotatable bonds is 6. The summed E-state index contributed by atoms with van der Waals surface area (Å²) in [5.74, 6) is 3.01. The second-order valence-electron chi connectivity index (χ2n) is 5.77. The summed E-state index contributed by atoms with van der Waals surface area (Å²) in [6.07, 6.45) is 1.58. The Morgan fingerprint density at radius 1 is 0.840 bits per heavy atom. The number of ether oxygens (including phenoxy) is 4. The lowest BCUT2D eigenvalue weighted by Crippen LogP contribution is -2.16. The number of methoxy groups -OCH3 is 4. The fraction of sp³-hybridized carbons (Fsp3) is 0.350. The van der Waals surface area contributed by atoms with Crippen molar-refractivity contribution < 1.29 is 18.9 Å². The molecule has 132 valence electrons. The van der Waals surface area contributed by atoms with Crippen LogP contribution in [0.25, 0.3) is 0 Å². The summed E-state index contributed by atoms with van der Waals surface area (Å²) in [6.45, 7) is 0.749. The predicted molar refractivity (Wildman–Crippen MR) is 97.9 cm³/mol. The van der Waals surface area contributed by atoms with E-state index in [0.29, 0.717) is 0 Å². The molecule has 0 spiro atoms. The summed E-state index contributed by atoms with van der Waals surface area (Å²) < 4.78 is 21.7. The maximum atomic E-state index is 5.58. The lowest BCUT2D eigenvalue weighted by molar-refractivity contribution is 0.351. The Hall–Kier alpha value is -2.69. The third kappa shape index (κ3) is 3.27. The van der Waals surface area contributed by atoms with Crippen molar-refractivity contribution in [2.45, 2.75) is 12.8 Å². The first-order valence-corrected chi connectivity index (χ1v) is 8.20. The molecule has 0 atom stereocenters. The number of benzene rings is 2. The summed E-state index contributed by atoms with van der Waals surface area (Å²) in [4.78, 5) is 4.74. The van der Waals surface area contributed by atoms with E-state index in [1.807, 2.05) is 24.3 Å². The molecule has 0 aromatic heterocycles. The van der Waals surface area contributed by atoms with Crippen LogP contribution in [0.2, 0.25) is 0 Å². The second kappa shape index (κ2) is 7.47. The van der Waals surface area contributed by atoms with Crippen LogP contribution in [0.5, 0.6) is 23.0 Å². The fourth-order valence-electron chi connectivity index (χ4n) is 3.23. The van der Waals surface area contributed by atoms with E-state index in [9.17, 15) is 0 Å². The van der Waals surface area contributed by atoms with Gasteiger partial charge in [-0.15, -0.1) is 0 Å². The fourth-order valence-corrected chi connectivity index (χ4v) is 3.23. The minimum atomic E-state index is 0.725. The van der Waals surface area contributed by atoms with Crippen molar-refractivity contribution in [2.24, 2.45) is 4.99 Å². The van der Waals surface area contributed by atoms with Gasteiger partial charge in [-0.3, -0.25) is 4.99 Å². The Morgan fingerprint density at radius 3 is 2.24 bits per heavy atom. The van der Waals surface area contributed by atoms with Gasteiger partial charge in [0.2, 0.25) is 0 Å². The van der Waals surface area contributed by atoms with Gasteiger partial charge in [-0.2, -0.15) is 0 Å². The Morgan fingerprint density at radius 2 is 1.56 bits per heavy atom. The highest BCUT2D eigenvalue weighted by Gasteiger charge is 2.21. The minimum absolute atomic E-state index is 0.725. The molecule has 3 rings (SSSR count). The van der Waals surface area contributed by atoms with Crippen molar-refractivity contribution in [3.8, 4) is 23.0 Å². The van der Waals surface area contributed by atoms with E-state index >= 15 is 0 Å². The van der Waals surface area contributed by atoms with Gasteiger partial charge in [0.05, 0.1) is 28.4 Å². The van der Waals surface area contributed by atoms with Gasteiger partial charge in [-0.25, -0.2) is 0 Å². The molecule has 0 fully saturated rings. The van der Waals surface area contributed by atoms with Crippen molar-refractivity contribution in [3.63, 3.8) is 0 Å². The van der Waals surface area contributed by atoms with Crippen LogP contribution in [0.15, 0.2) is 35.3 Å². The van der Waals surface area contributed by atoms with Crippen LogP contribution >= 0.6 is 0 Å². The van der Waals surface area contributed by atoms with E-state index < -0.39 is 0 Å². The monoisotopic (exact) mass is 341 g/mol. The molecule has 0 bridgehead atoms. The molecule has 1 heterocycles. The zero-order valence-electron chi connectivity index (χ0n) is 15.1. The maximum Gasteiger partial charge on any atom is 0.164 e. The molecule has 0 radical (unpaired) electrons. The molecule has 5 nitrogen and oxygen atoms in total. The molecule has 1 aliphatic heterocycles. The molecule has 0 saturated heterocycles. The molecule has 0 unspecified atom stereocenters. The Labute approximate surface area is 148 Å². The van der Waals surface area contributed by atoms with Crippen molar-refractivity contribution in [2.75, 3.05) is 35.0 Å². The van der Waals surface area contributed by atoms with Gasteiger partial charge >= 0.3 is 0 Å². The van der Waals surface area contributed by atoms with Gasteiger partial charge < -0.3 is 18.9 Å². The molecule has 0 amide bonds. The van der Waals surface area contributed by atoms with Crippen molar-refractivity contribution in [3.05, 3.63) is 47.0 Å². The average molecular weight is 341 g/mol. The second-order valence-corrected chi connectivity index (χ2v) is 5.77. The van der Waals surface area contributed by atoms with E-state index in [1.165, 1.54) is 0 Å². The lowest BCUT2D eigenvalue weighted by Gasteiger charge is -2.21. The molecule has 1 aliphatic rings. The van der Waals surface area contributed by atoms with E-state index in [1.54, 1.807) is 28.4 Å². The molecule has 0 saturated carbocycles. The van der Waals surface area contributed by atoms with Crippen molar-refractivity contribution in [1.82, 2.24) is 0 Å². The van der Waals surface area contributed by atoms with Gasteiger partial charge in [-0.05, 0) is 36.2 Å². The van der Waals surface area contributed by atoms with E-state index in [-0.39, 0.29) is 0 Å². The van der Waals surface area contributed by atoms with Gasteiger partial charge in [0.15, 0.2) is 23.0 Å². The molecule has 5 heteroatoms. The van der Waals surface area contributed by atoms with Crippen LogP contribution in [0.1, 0.15) is 16.7 Å². The van der Waals surface area contributed by atoms with Crippen LogP contribution in [0.4, 0.5) is 0 Å². The topological polar surface area (TPSA) is 49.3 Å². The number of fused-ring (bicyclic) bond motifs is 1. The van der Waals surface area contributed by atoms with E-state index in [2.05, 4.69) is 6.07 Å². The Balaban J connectivity index is 1.95. The van der Waals surface area contributed by atoms with Crippen molar-refractivity contribution >= 4 is 5.71 Å². The number of hydrogen-bond acceptors (Lipinski definition) is 5. The molecule has 2 aromatic rings. The Kier molecular flexibility index (Phi) is 5.12. The van der Waals surface area contributed by atoms with Gasteiger partial charge in [0.25, 0.3) is 0 Å². The maximum absolute atomic E-state index is 5.58. The molecule has 0 aliphatic carbocycles. The molecular formula is C20H23NO4. The molecular weight excluding hydrogens is 318 g/mol. The van der Waals surface area contributed by atoms with Crippen LogP contribution in [0, 0.1) is 0 Å². The van der Waals surface area contributed by atoms with Crippen LogP contribution < -0.4 is 18.9 Å². The zero-order valence-corrected chi connectivity index (χ0v) is 15.1. The highest BCUT2D eigenvalue weighted by atomic mass is 16.5. The highest BCUT2D eigenvalue weighted by molar-refractivity contribution is 6.04. The summed E-state index contributed by atoms with van der Waals surface area (Å²) in [7, 11) is 6.62. The number of nitrogens with zero attached hydrogens (tertiary/aromatic N) is 1. The quantitative estimate of drug-likeness (QED) is 0.809. The van der Waals surface area contributed by atoms with Crippen LogP contribution in [-0.4, -0.2) is 40.7 Å². The van der Waals surface area contributed by atoms with E-state index in [0.717, 1.165) is 64.8 Å². The summed E-state index contributed by atoms with van der Waals surface area (Å²) >= 11 is 0. The zero-order chi connectivity index (χ0) is 17.8. The average Bonchev–Trinajstić information content (AvgIpc) is 2.67. The van der Waals surface area contributed by atoms with Crippen LogP contribution in [0.3, 0.4) is 0 Å². The normalized spacial score (nSPS) is 12.9. The van der Waals surface area contributed by atoms with Crippen LogP contribution in [-0.2, 0) is 12.8 Å².